The molecule has 1 aromatic rings. The molecule has 1 saturated carbocycles. The molecule has 0 N–H and O–H groups in total. The molecule has 2 atom stereocenters. The molecule has 1 aliphatic carbocycles. The second kappa shape index (κ2) is 5.70. The molecule has 1 aromatic carbocycles. The molecule has 0 amide bonds. The first-order valence-corrected chi connectivity index (χ1v) is 9.28. The van der Waals surface area contributed by atoms with Gasteiger partial charge in [0.05, 0.1) is 13.2 Å². The Balaban J connectivity index is 1.84. The minimum atomic E-state index is 0.171. The number of methoxy groups -OCH3 is 1. The van der Waals surface area contributed by atoms with Gasteiger partial charge in [-0.1, -0.05) is 12.8 Å². The summed E-state index contributed by atoms with van der Waals surface area (Å²) in [4.78, 5) is 2.78. The highest BCUT2D eigenvalue weighted by molar-refractivity contribution is 5.52. The predicted molar refractivity (Wildman–Crippen MR) is 92.3 cm³/mol. The Hall–Kier alpha value is -1.22. The Kier molecular flexibility index (Phi) is 3.79. The highest BCUT2D eigenvalue weighted by atomic mass is 16.5. The highest BCUT2D eigenvalue weighted by Gasteiger charge is 2.53. The van der Waals surface area contributed by atoms with Crippen molar-refractivity contribution in [2.45, 2.75) is 64.0 Å². The van der Waals surface area contributed by atoms with E-state index in [1.165, 1.54) is 50.8 Å². The summed E-state index contributed by atoms with van der Waals surface area (Å²) in [6.45, 7) is 6.65. The zero-order valence-corrected chi connectivity index (χ0v) is 14.7. The molecule has 4 rings (SSSR count). The lowest BCUT2D eigenvalue weighted by Gasteiger charge is -2.50. The lowest BCUT2D eigenvalue weighted by Crippen LogP contribution is -2.50. The molecule has 0 bridgehead atoms. The van der Waals surface area contributed by atoms with E-state index in [-0.39, 0.29) is 11.6 Å². The second-order valence-electron chi connectivity index (χ2n) is 7.72. The number of nitrogens with zero attached hydrogens (tertiary/aromatic N) is 1. The summed E-state index contributed by atoms with van der Waals surface area (Å²) in [6, 6.07) is 4.58. The molecular formula is C20H29NO2. The molecule has 3 heteroatoms. The standard InChI is InChI=1S/C20H29NO2/c1-14(2)23-19-13-17-15(12-18(19)22-3)7-10-21-11-8-16-6-4-5-9-20(16,17)21/h12-14,16H,4-11H2,1-3H3/t16-,20-/m0/s1. The van der Waals surface area contributed by atoms with E-state index in [2.05, 4.69) is 30.9 Å². The van der Waals surface area contributed by atoms with E-state index in [9.17, 15) is 0 Å². The first-order valence-electron chi connectivity index (χ1n) is 9.28. The highest BCUT2D eigenvalue weighted by Crippen LogP contribution is 2.55. The molecule has 1 saturated heterocycles. The molecule has 3 nitrogen and oxygen atoms in total. The average molecular weight is 315 g/mol. The van der Waals surface area contributed by atoms with Gasteiger partial charge < -0.3 is 9.47 Å². The summed E-state index contributed by atoms with van der Waals surface area (Å²) in [5.74, 6) is 2.65. The third-order valence-electron chi connectivity index (χ3n) is 6.22. The van der Waals surface area contributed by atoms with E-state index in [1.54, 1.807) is 12.7 Å². The normalized spacial score (nSPS) is 29.8. The SMILES string of the molecule is COc1cc2c(cc1OC(C)C)[C@]13CCCC[C@H]1CCN3CC2. The first-order chi connectivity index (χ1) is 11.1. The molecule has 2 heterocycles. The van der Waals surface area contributed by atoms with E-state index in [0.29, 0.717) is 0 Å². The predicted octanol–water partition coefficient (Wildman–Crippen LogP) is 4.13. The van der Waals surface area contributed by atoms with Gasteiger partial charge in [0.15, 0.2) is 11.5 Å². The Labute approximate surface area is 140 Å². The number of benzene rings is 1. The van der Waals surface area contributed by atoms with Crippen molar-refractivity contribution in [3.8, 4) is 11.5 Å². The number of fused-ring (bicyclic) bond motifs is 1. The summed E-state index contributed by atoms with van der Waals surface area (Å²) in [6.07, 6.45) is 8.15. The zero-order chi connectivity index (χ0) is 16.0. The monoisotopic (exact) mass is 315 g/mol. The first kappa shape index (κ1) is 15.3. The quantitative estimate of drug-likeness (QED) is 0.837. The van der Waals surface area contributed by atoms with Gasteiger partial charge in [0.2, 0.25) is 0 Å². The molecular weight excluding hydrogens is 286 g/mol. The molecule has 0 radical (unpaired) electrons. The van der Waals surface area contributed by atoms with Crippen molar-refractivity contribution in [3.63, 3.8) is 0 Å². The van der Waals surface area contributed by atoms with Crippen LogP contribution in [0.4, 0.5) is 0 Å². The summed E-state index contributed by atoms with van der Waals surface area (Å²) < 4.78 is 11.7. The van der Waals surface area contributed by atoms with E-state index < -0.39 is 0 Å². The van der Waals surface area contributed by atoms with Gasteiger partial charge in [-0.05, 0) is 75.3 Å². The Morgan fingerprint density at radius 3 is 2.78 bits per heavy atom. The van der Waals surface area contributed by atoms with Crippen LogP contribution in [-0.4, -0.2) is 31.2 Å². The van der Waals surface area contributed by atoms with Crippen molar-refractivity contribution in [2.24, 2.45) is 5.92 Å². The molecule has 2 aliphatic heterocycles. The van der Waals surface area contributed by atoms with Crippen LogP contribution < -0.4 is 9.47 Å². The van der Waals surface area contributed by atoms with Crippen molar-refractivity contribution in [1.82, 2.24) is 4.90 Å². The number of rotatable bonds is 3. The third-order valence-corrected chi connectivity index (χ3v) is 6.22. The molecule has 0 unspecified atom stereocenters. The van der Waals surface area contributed by atoms with Gasteiger partial charge in [0.1, 0.15) is 0 Å². The van der Waals surface area contributed by atoms with Crippen LogP contribution in [0.2, 0.25) is 0 Å². The maximum Gasteiger partial charge on any atom is 0.161 e. The Bertz CT molecular complexity index is 598. The summed E-state index contributed by atoms with van der Waals surface area (Å²) in [7, 11) is 1.75. The third kappa shape index (κ3) is 2.27. The van der Waals surface area contributed by atoms with E-state index >= 15 is 0 Å². The van der Waals surface area contributed by atoms with Crippen LogP contribution >= 0.6 is 0 Å². The van der Waals surface area contributed by atoms with Crippen LogP contribution in [0.1, 0.15) is 57.1 Å². The van der Waals surface area contributed by atoms with Crippen LogP contribution in [0, 0.1) is 5.92 Å². The van der Waals surface area contributed by atoms with Crippen LogP contribution in [-0.2, 0) is 12.0 Å². The molecule has 23 heavy (non-hydrogen) atoms. The second-order valence-corrected chi connectivity index (χ2v) is 7.72. The van der Waals surface area contributed by atoms with Gasteiger partial charge in [-0.25, -0.2) is 0 Å². The Morgan fingerprint density at radius 1 is 1.13 bits per heavy atom. The van der Waals surface area contributed by atoms with Crippen molar-refractivity contribution < 1.29 is 9.47 Å². The minimum Gasteiger partial charge on any atom is -0.493 e. The summed E-state index contributed by atoms with van der Waals surface area (Å²) in [5.41, 5.74) is 3.32. The van der Waals surface area contributed by atoms with Gasteiger partial charge in [0.25, 0.3) is 0 Å². The van der Waals surface area contributed by atoms with Gasteiger partial charge in [-0.15, -0.1) is 0 Å². The molecule has 1 spiro atoms. The number of hydrogen-bond acceptors (Lipinski definition) is 3. The van der Waals surface area contributed by atoms with Crippen LogP contribution in [0.25, 0.3) is 0 Å². The van der Waals surface area contributed by atoms with Crippen molar-refractivity contribution in [1.29, 1.82) is 0 Å². The largest absolute Gasteiger partial charge is 0.493 e. The fourth-order valence-corrected chi connectivity index (χ4v) is 5.35. The zero-order valence-electron chi connectivity index (χ0n) is 14.7. The smallest absolute Gasteiger partial charge is 0.161 e. The fourth-order valence-electron chi connectivity index (χ4n) is 5.35. The fraction of sp³-hybridized carbons (Fsp3) is 0.700. The molecule has 3 aliphatic rings. The number of hydrogen-bond donors (Lipinski definition) is 0. The van der Waals surface area contributed by atoms with Crippen LogP contribution in [0.5, 0.6) is 11.5 Å². The van der Waals surface area contributed by atoms with Crippen LogP contribution in [0.15, 0.2) is 12.1 Å². The van der Waals surface area contributed by atoms with Crippen molar-refractivity contribution >= 4 is 0 Å². The summed E-state index contributed by atoms with van der Waals surface area (Å²) in [5, 5.41) is 0. The lowest BCUT2D eigenvalue weighted by atomic mass is 9.66. The van der Waals surface area contributed by atoms with E-state index in [1.807, 2.05) is 0 Å². The van der Waals surface area contributed by atoms with E-state index in [0.717, 1.165) is 23.8 Å². The maximum absolute atomic E-state index is 6.08. The minimum absolute atomic E-state index is 0.171. The van der Waals surface area contributed by atoms with Crippen molar-refractivity contribution in [3.05, 3.63) is 23.3 Å². The van der Waals surface area contributed by atoms with E-state index in [4.69, 9.17) is 9.47 Å². The van der Waals surface area contributed by atoms with Gasteiger partial charge in [0, 0.05) is 12.1 Å². The topological polar surface area (TPSA) is 21.7 Å². The molecule has 2 fully saturated rings. The maximum atomic E-state index is 6.08. The number of ether oxygens (including phenoxy) is 2. The van der Waals surface area contributed by atoms with Gasteiger partial charge in [-0.3, -0.25) is 4.90 Å². The average Bonchev–Trinajstić information content (AvgIpc) is 2.94. The Morgan fingerprint density at radius 2 is 2.00 bits per heavy atom. The van der Waals surface area contributed by atoms with Crippen LogP contribution in [0.3, 0.4) is 0 Å². The van der Waals surface area contributed by atoms with Crippen molar-refractivity contribution in [2.75, 3.05) is 20.2 Å². The van der Waals surface area contributed by atoms with Gasteiger partial charge >= 0.3 is 0 Å². The summed E-state index contributed by atoms with van der Waals surface area (Å²) >= 11 is 0. The van der Waals surface area contributed by atoms with Gasteiger partial charge in [-0.2, -0.15) is 0 Å². The lowest BCUT2D eigenvalue weighted by molar-refractivity contribution is 0.0498. The molecule has 126 valence electrons. The molecule has 0 aromatic heterocycles.